The molecule has 3 nitrogen and oxygen atoms in total. The number of carbonyl (C=O) groups excluding carboxylic acids is 1. The third kappa shape index (κ3) is 23.3. The van der Waals surface area contributed by atoms with Gasteiger partial charge in [-0.25, -0.2) is 0 Å². The standard InChI is InChI=1S/C6H12.C4H9NO.C3H9N/c1-2-4-6-5-3-1;1-2-3-5-4-6;1-3-4-2/h1-6H2;4H,2-3H2,1H3,(H,5,6);4H,3H2,1-2H3. The molecule has 1 amide bonds. The van der Waals surface area contributed by atoms with Crippen LogP contribution in [0.3, 0.4) is 0 Å². The van der Waals surface area contributed by atoms with Crippen LogP contribution in [0.25, 0.3) is 0 Å². The van der Waals surface area contributed by atoms with E-state index in [1.807, 2.05) is 14.0 Å². The molecule has 0 aromatic heterocycles. The van der Waals surface area contributed by atoms with Crippen LogP contribution in [0, 0.1) is 0 Å². The average Bonchev–Trinajstić information content (AvgIpc) is 2.39. The van der Waals surface area contributed by atoms with Gasteiger partial charge in [-0.05, 0) is 20.0 Å². The summed E-state index contributed by atoms with van der Waals surface area (Å²) in [4.78, 5) is 9.45. The molecule has 16 heavy (non-hydrogen) atoms. The van der Waals surface area contributed by atoms with E-state index in [1.54, 1.807) is 0 Å². The van der Waals surface area contributed by atoms with Crippen molar-refractivity contribution in [3.8, 4) is 0 Å². The van der Waals surface area contributed by atoms with Crippen LogP contribution in [-0.4, -0.2) is 26.5 Å². The van der Waals surface area contributed by atoms with Gasteiger partial charge in [0.25, 0.3) is 0 Å². The molecule has 0 heterocycles. The fraction of sp³-hybridized carbons (Fsp3) is 0.923. The van der Waals surface area contributed by atoms with E-state index in [4.69, 9.17) is 0 Å². The molecule has 0 aliphatic heterocycles. The lowest BCUT2D eigenvalue weighted by Crippen LogP contribution is -2.10. The molecule has 1 fully saturated rings. The Morgan fingerprint density at radius 2 is 1.38 bits per heavy atom. The number of amides is 1. The Kier molecular flexibility index (Phi) is 22.2. The summed E-state index contributed by atoms with van der Waals surface area (Å²) in [5.74, 6) is 0. The monoisotopic (exact) mass is 230 g/mol. The summed E-state index contributed by atoms with van der Waals surface area (Å²) in [6, 6.07) is 0. The van der Waals surface area contributed by atoms with E-state index in [0.29, 0.717) is 6.41 Å². The van der Waals surface area contributed by atoms with Crippen LogP contribution >= 0.6 is 0 Å². The van der Waals surface area contributed by atoms with Crippen LogP contribution in [0.1, 0.15) is 58.8 Å². The maximum Gasteiger partial charge on any atom is 0.207 e. The van der Waals surface area contributed by atoms with E-state index in [0.717, 1.165) is 19.5 Å². The van der Waals surface area contributed by atoms with E-state index in [1.165, 1.54) is 38.5 Å². The molecule has 1 aliphatic rings. The summed E-state index contributed by atoms with van der Waals surface area (Å²) < 4.78 is 0. The number of carbonyl (C=O) groups is 1. The highest BCUT2D eigenvalue weighted by Gasteiger charge is 1.95. The molecule has 0 bridgehead atoms. The van der Waals surface area contributed by atoms with E-state index in [-0.39, 0.29) is 0 Å². The predicted octanol–water partition coefficient (Wildman–Crippen LogP) is 2.71. The zero-order chi connectivity index (χ0) is 12.5. The molecule has 0 aromatic carbocycles. The lowest BCUT2D eigenvalue weighted by atomic mass is 10.0. The topological polar surface area (TPSA) is 41.1 Å². The Balaban J connectivity index is 0. The van der Waals surface area contributed by atoms with Crippen LogP contribution in [-0.2, 0) is 4.79 Å². The lowest BCUT2D eigenvalue weighted by molar-refractivity contribution is -0.109. The van der Waals surface area contributed by atoms with Gasteiger partial charge in [-0.3, -0.25) is 4.79 Å². The molecule has 3 heteroatoms. The van der Waals surface area contributed by atoms with Gasteiger partial charge in [0.2, 0.25) is 6.41 Å². The van der Waals surface area contributed by atoms with Gasteiger partial charge in [0, 0.05) is 6.54 Å². The summed E-state index contributed by atoms with van der Waals surface area (Å²) in [5, 5.41) is 5.45. The maximum atomic E-state index is 9.45. The zero-order valence-electron chi connectivity index (χ0n) is 11.3. The SMILES string of the molecule is C1CCCCC1.CCCNC=O.CCNC. The first-order valence-corrected chi connectivity index (χ1v) is 6.65. The number of hydrogen-bond acceptors (Lipinski definition) is 2. The zero-order valence-corrected chi connectivity index (χ0v) is 11.3. The first kappa shape index (κ1) is 17.8. The van der Waals surface area contributed by atoms with Crippen molar-refractivity contribution in [3.63, 3.8) is 0 Å². The largest absolute Gasteiger partial charge is 0.359 e. The van der Waals surface area contributed by atoms with E-state index >= 15 is 0 Å². The minimum atomic E-state index is 0.712. The fourth-order valence-corrected chi connectivity index (χ4v) is 1.26. The van der Waals surface area contributed by atoms with Gasteiger partial charge in [0.05, 0.1) is 0 Å². The summed E-state index contributed by atoms with van der Waals surface area (Å²) in [6.07, 6.45) is 10.7. The highest BCUT2D eigenvalue weighted by atomic mass is 16.1. The van der Waals surface area contributed by atoms with Crippen molar-refractivity contribution < 1.29 is 4.79 Å². The van der Waals surface area contributed by atoms with Gasteiger partial charge in [0.15, 0.2) is 0 Å². The third-order valence-electron chi connectivity index (χ3n) is 2.33. The normalized spacial score (nSPS) is 13.7. The van der Waals surface area contributed by atoms with Crippen molar-refractivity contribution >= 4 is 6.41 Å². The molecule has 0 spiro atoms. The van der Waals surface area contributed by atoms with Crippen molar-refractivity contribution in [1.82, 2.24) is 10.6 Å². The molecule has 0 unspecified atom stereocenters. The fourth-order valence-electron chi connectivity index (χ4n) is 1.26. The molecule has 98 valence electrons. The van der Waals surface area contributed by atoms with Gasteiger partial charge < -0.3 is 10.6 Å². The van der Waals surface area contributed by atoms with Crippen molar-refractivity contribution in [2.24, 2.45) is 0 Å². The molecule has 1 aliphatic carbocycles. The molecule has 2 N–H and O–H groups in total. The Morgan fingerprint density at radius 1 is 1.00 bits per heavy atom. The number of nitrogens with one attached hydrogen (secondary N) is 2. The molecule has 0 saturated heterocycles. The Hall–Kier alpha value is -0.570. The summed E-state index contributed by atoms with van der Waals surface area (Å²) >= 11 is 0. The second-order valence-corrected chi connectivity index (χ2v) is 3.90. The minimum Gasteiger partial charge on any atom is -0.359 e. The van der Waals surface area contributed by atoms with Crippen molar-refractivity contribution in [2.75, 3.05) is 20.1 Å². The van der Waals surface area contributed by atoms with Crippen molar-refractivity contribution in [3.05, 3.63) is 0 Å². The smallest absolute Gasteiger partial charge is 0.207 e. The Bertz CT molecular complexity index is 101. The highest BCUT2D eigenvalue weighted by molar-refractivity contribution is 5.45. The number of rotatable bonds is 4. The molecule has 1 rings (SSSR count). The molecular weight excluding hydrogens is 200 g/mol. The van der Waals surface area contributed by atoms with Gasteiger partial charge in [-0.1, -0.05) is 52.4 Å². The molecule has 0 aromatic rings. The van der Waals surface area contributed by atoms with Gasteiger partial charge in [-0.2, -0.15) is 0 Å². The van der Waals surface area contributed by atoms with E-state index < -0.39 is 0 Å². The van der Waals surface area contributed by atoms with Crippen LogP contribution in [0.4, 0.5) is 0 Å². The second-order valence-electron chi connectivity index (χ2n) is 3.90. The van der Waals surface area contributed by atoms with E-state index in [9.17, 15) is 4.79 Å². The van der Waals surface area contributed by atoms with Crippen molar-refractivity contribution in [2.45, 2.75) is 58.8 Å². The molecule has 0 radical (unpaired) electrons. The Morgan fingerprint density at radius 3 is 1.50 bits per heavy atom. The maximum absolute atomic E-state index is 9.45. The summed E-state index contributed by atoms with van der Waals surface area (Å²) in [6.45, 7) is 5.94. The van der Waals surface area contributed by atoms with Gasteiger partial charge in [-0.15, -0.1) is 0 Å². The highest BCUT2D eigenvalue weighted by Crippen LogP contribution is 2.15. The van der Waals surface area contributed by atoms with Gasteiger partial charge >= 0.3 is 0 Å². The number of hydrogen-bond donors (Lipinski definition) is 2. The summed E-state index contributed by atoms with van der Waals surface area (Å²) in [7, 11) is 1.93. The van der Waals surface area contributed by atoms with Crippen LogP contribution in [0.2, 0.25) is 0 Å². The quantitative estimate of drug-likeness (QED) is 0.576. The summed E-state index contributed by atoms with van der Waals surface area (Å²) in [5.41, 5.74) is 0. The van der Waals surface area contributed by atoms with Crippen LogP contribution in [0.5, 0.6) is 0 Å². The third-order valence-corrected chi connectivity index (χ3v) is 2.33. The minimum absolute atomic E-state index is 0.712. The first-order chi connectivity index (χ1) is 7.83. The first-order valence-electron chi connectivity index (χ1n) is 6.65. The van der Waals surface area contributed by atoms with Crippen LogP contribution < -0.4 is 10.6 Å². The molecule has 1 saturated carbocycles. The molecular formula is C13H30N2O. The second kappa shape index (κ2) is 19.9. The van der Waals surface area contributed by atoms with Crippen LogP contribution in [0.15, 0.2) is 0 Å². The lowest BCUT2D eigenvalue weighted by Gasteiger charge is -2.05. The Labute approximate surface area is 101 Å². The predicted molar refractivity (Wildman–Crippen MR) is 71.7 cm³/mol. The average molecular weight is 230 g/mol. The van der Waals surface area contributed by atoms with E-state index in [2.05, 4.69) is 17.6 Å². The molecule has 0 atom stereocenters. The van der Waals surface area contributed by atoms with Gasteiger partial charge in [0.1, 0.15) is 0 Å². The van der Waals surface area contributed by atoms with Crippen molar-refractivity contribution in [1.29, 1.82) is 0 Å².